The van der Waals surface area contributed by atoms with Crippen LogP contribution in [0.4, 0.5) is 13.2 Å². The highest BCUT2D eigenvalue weighted by molar-refractivity contribution is 6.00. The third kappa shape index (κ3) is 5.26. The van der Waals surface area contributed by atoms with E-state index >= 15 is 0 Å². The fraction of sp³-hybridized carbons (Fsp3) is 0.381. The largest absolute Gasteiger partial charge is 0.416 e. The monoisotopic (exact) mass is 412 g/mol. The molecule has 1 heterocycles. The van der Waals surface area contributed by atoms with E-state index < -0.39 is 11.7 Å². The van der Waals surface area contributed by atoms with Gasteiger partial charge in [-0.3, -0.25) is 4.79 Å². The van der Waals surface area contributed by atoms with Gasteiger partial charge < -0.3 is 10.6 Å². The second-order valence-corrected chi connectivity index (χ2v) is 7.36. The van der Waals surface area contributed by atoms with E-state index in [0.29, 0.717) is 23.2 Å². The molecule has 1 aliphatic heterocycles. The van der Waals surface area contributed by atoms with Gasteiger partial charge in [-0.15, -0.1) is 12.4 Å². The molecule has 2 aromatic carbocycles. The zero-order chi connectivity index (χ0) is 19.5. The molecule has 1 fully saturated rings. The van der Waals surface area contributed by atoms with Crippen molar-refractivity contribution < 1.29 is 18.0 Å². The van der Waals surface area contributed by atoms with Crippen molar-refractivity contribution >= 4 is 18.3 Å². The number of halogens is 4. The van der Waals surface area contributed by atoms with Gasteiger partial charge >= 0.3 is 6.18 Å². The van der Waals surface area contributed by atoms with Gasteiger partial charge in [0.25, 0.3) is 5.91 Å². The predicted molar refractivity (Wildman–Crippen MR) is 107 cm³/mol. The van der Waals surface area contributed by atoms with Crippen LogP contribution in [0.5, 0.6) is 0 Å². The van der Waals surface area contributed by atoms with Crippen LogP contribution < -0.4 is 10.6 Å². The van der Waals surface area contributed by atoms with E-state index in [-0.39, 0.29) is 23.7 Å². The Morgan fingerprint density at radius 1 is 1.07 bits per heavy atom. The lowest BCUT2D eigenvalue weighted by molar-refractivity contribution is -0.137. The number of amides is 1. The fourth-order valence-corrected chi connectivity index (χ4v) is 3.37. The third-order valence-electron chi connectivity index (χ3n) is 5.18. The molecule has 3 rings (SSSR count). The van der Waals surface area contributed by atoms with Gasteiger partial charge in [-0.2, -0.15) is 13.2 Å². The normalized spacial score (nSPS) is 16.1. The van der Waals surface area contributed by atoms with Crippen molar-refractivity contribution in [3.63, 3.8) is 0 Å². The summed E-state index contributed by atoms with van der Waals surface area (Å²) in [5, 5.41) is 6.32. The van der Waals surface area contributed by atoms with Crippen molar-refractivity contribution in [2.45, 2.75) is 25.9 Å². The van der Waals surface area contributed by atoms with Crippen molar-refractivity contribution in [1.82, 2.24) is 10.6 Å². The first kappa shape index (κ1) is 22.2. The highest BCUT2D eigenvalue weighted by Gasteiger charge is 2.30. The van der Waals surface area contributed by atoms with E-state index in [4.69, 9.17) is 0 Å². The molecule has 0 unspecified atom stereocenters. The molecule has 152 valence electrons. The van der Waals surface area contributed by atoms with Gasteiger partial charge in [0.1, 0.15) is 0 Å². The first-order valence-electron chi connectivity index (χ1n) is 9.04. The quantitative estimate of drug-likeness (QED) is 0.748. The molecule has 1 amide bonds. The van der Waals surface area contributed by atoms with Crippen molar-refractivity contribution in [2.75, 3.05) is 19.6 Å². The van der Waals surface area contributed by atoms with Crippen LogP contribution in [0.25, 0.3) is 11.1 Å². The summed E-state index contributed by atoms with van der Waals surface area (Å²) in [6, 6.07) is 11.9. The molecule has 1 aliphatic rings. The van der Waals surface area contributed by atoms with E-state index in [9.17, 15) is 18.0 Å². The summed E-state index contributed by atoms with van der Waals surface area (Å²) >= 11 is 0. The number of alkyl halides is 3. The van der Waals surface area contributed by atoms with Crippen molar-refractivity contribution in [1.29, 1.82) is 0 Å². The average molecular weight is 413 g/mol. The molecule has 0 spiro atoms. The molecular weight excluding hydrogens is 389 g/mol. The maximum atomic E-state index is 12.8. The summed E-state index contributed by atoms with van der Waals surface area (Å²) in [4.78, 5) is 12.7. The number of rotatable bonds is 4. The zero-order valence-corrected chi connectivity index (χ0v) is 16.4. The maximum absolute atomic E-state index is 12.8. The van der Waals surface area contributed by atoms with Gasteiger partial charge in [-0.25, -0.2) is 0 Å². The van der Waals surface area contributed by atoms with Crippen molar-refractivity contribution in [2.24, 2.45) is 5.41 Å². The van der Waals surface area contributed by atoms with E-state index in [0.717, 1.165) is 38.1 Å². The lowest BCUT2D eigenvalue weighted by Crippen LogP contribution is -2.43. The molecule has 0 bridgehead atoms. The molecule has 2 N–H and O–H groups in total. The van der Waals surface area contributed by atoms with E-state index in [1.807, 2.05) is 0 Å². The second-order valence-electron chi connectivity index (χ2n) is 7.36. The third-order valence-corrected chi connectivity index (χ3v) is 5.18. The van der Waals surface area contributed by atoms with E-state index in [1.165, 1.54) is 12.1 Å². The van der Waals surface area contributed by atoms with Crippen LogP contribution in [0.3, 0.4) is 0 Å². The van der Waals surface area contributed by atoms with Gasteiger partial charge in [-0.05, 0) is 60.7 Å². The molecule has 0 atom stereocenters. The number of carbonyl (C=O) groups is 1. The van der Waals surface area contributed by atoms with Crippen LogP contribution in [0, 0.1) is 5.41 Å². The summed E-state index contributed by atoms with van der Waals surface area (Å²) < 4.78 is 38.3. The highest BCUT2D eigenvalue weighted by atomic mass is 35.5. The SMILES string of the molecule is CC1(CNC(=O)c2ccccc2-c2ccc(C(F)(F)F)cc2)CCNCC1.Cl. The Labute approximate surface area is 169 Å². The van der Waals surface area contributed by atoms with Gasteiger partial charge in [-0.1, -0.05) is 37.3 Å². The van der Waals surface area contributed by atoms with Crippen LogP contribution in [-0.4, -0.2) is 25.5 Å². The van der Waals surface area contributed by atoms with E-state index in [1.54, 1.807) is 24.3 Å². The first-order valence-corrected chi connectivity index (χ1v) is 9.04. The Morgan fingerprint density at radius 3 is 2.29 bits per heavy atom. The molecule has 7 heteroatoms. The number of piperidine rings is 1. The molecular formula is C21H24ClF3N2O. The lowest BCUT2D eigenvalue weighted by atomic mass is 9.81. The fourth-order valence-electron chi connectivity index (χ4n) is 3.37. The molecule has 1 saturated heterocycles. The van der Waals surface area contributed by atoms with Gasteiger partial charge in [0.15, 0.2) is 0 Å². The number of hydrogen-bond acceptors (Lipinski definition) is 2. The lowest BCUT2D eigenvalue weighted by Gasteiger charge is -2.34. The standard InChI is InChI=1S/C21H23F3N2O.ClH/c1-20(10-12-25-13-11-20)14-26-19(27)18-5-3-2-4-17(18)15-6-8-16(9-7-15)21(22,23)24;/h2-9,25H,10-14H2,1H3,(H,26,27);1H. The number of hydrogen-bond donors (Lipinski definition) is 2. The summed E-state index contributed by atoms with van der Waals surface area (Å²) in [7, 11) is 0. The van der Waals surface area contributed by atoms with Crippen LogP contribution in [0.1, 0.15) is 35.7 Å². The molecule has 0 aromatic heterocycles. The van der Waals surface area contributed by atoms with Crippen LogP contribution in [0.15, 0.2) is 48.5 Å². The van der Waals surface area contributed by atoms with Gasteiger partial charge in [0, 0.05) is 12.1 Å². The Kier molecular flexibility index (Phi) is 7.12. The Morgan fingerprint density at radius 2 is 1.68 bits per heavy atom. The van der Waals surface area contributed by atoms with Crippen molar-refractivity contribution in [3.05, 3.63) is 59.7 Å². The minimum atomic E-state index is -4.38. The smallest absolute Gasteiger partial charge is 0.351 e. The molecule has 3 nitrogen and oxygen atoms in total. The number of nitrogens with one attached hydrogen (secondary N) is 2. The molecule has 0 aliphatic carbocycles. The minimum absolute atomic E-state index is 0. The van der Waals surface area contributed by atoms with Gasteiger partial charge in [0.05, 0.1) is 5.56 Å². The van der Waals surface area contributed by atoms with Gasteiger partial charge in [0.2, 0.25) is 0 Å². The second kappa shape index (κ2) is 8.97. The molecule has 0 radical (unpaired) electrons. The average Bonchev–Trinajstić information content (AvgIpc) is 2.66. The molecule has 28 heavy (non-hydrogen) atoms. The first-order chi connectivity index (χ1) is 12.8. The summed E-state index contributed by atoms with van der Waals surface area (Å²) in [5.41, 5.74) is 1.03. The summed E-state index contributed by atoms with van der Waals surface area (Å²) in [6.45, 7) is 4.62. The molecule has 2 aromatic rings. The summed E-state index contributed by atoms with van der Waals surface area (Å²) in [5.74, 6) is -0.203. The van der Waals surface area contributed by atoms with E-state index in [2.05, 4.69) is 17.6 Å². The highest BCUT2D eigenvalue weighted by Crippen LogP contribution is 2.32. The Hall–Kier alpha value is -2.05. The Bertz CT molecular complexity index is 800. The number of benzene rings is 2. The van der Waals surface area contributed by atoms with Crippen LogP contribution in [-0.2, 0) is 6.18 Å². The minimum Gasteiger partial charge on any atom is -0.351 e. The van der Waals surface area contributed by atoms with Crippen LogP contribution >= 0.6 is 12.4 Å². The molecule has 0 saturated carbocycles. The van der Waals surface area contributed by atoms with Crippen LogP contribution in [0.2, 0.25) is 0 Å². The zero-order valence-electron chi connectivity index (χ0n) is 15.6. The number of carbonyl (C=O) groups excluding carboxylic acids is 1. The Balaban J connectivity index is 0.00000280. The maximum Gasteiger partial charge on any atom is 0.416 e. The van der Waals surface area contributed by atoms with Crippen molar-refractivity contribution in [3.8, 4) is 11.1 Å². The topological polar surface area (TPSA) is 41.1 Å². The summed E-state index contributed by atoms with van der Waals surface area (Å²) in [6.07, 6.45) is -2.39. The predicted octanol–water partition coefficient (Wildman–Crippen LogP) is 4.91.